The van der Waals surface area contributed by atoms with E-state index in [4.69, 9.17) is 16.3 Å². The van der Waals surface area contributed by atoms with Gasteiger partial charge in [0.1, 0.15) is 0 Å². The Morgan fingerprint density at radius 2 is 2.37 bits per heavy atom. The number of hydrogen-bond donors (Lipinski definition) is 2. The van der Waals surface area contributed by atoms with Crippen LogP contribution in [0.4, 0.5) is 5.69 Å². The molecule has 1 fully saturated rings. The van der Waals surface area contributed by atoms with E-state index in [2.05, 4.69) is 10.6 Å². The second kappa shape index (κ2) is 6.78. The number of ether oxygens (including phenoxy) is 1. The summed E-state index contributed by atoms with van der Waals surface area (Å²) < 4.78 is 4.77. The van der Waals surface area contributed by atoms with Crippen molar-refractivity contribution in [2.75, 3.05) is 25.5 Å². The topological polar surface area (TPSA) is 50.4 Å². The third kappa shape index (κ3) is 3.85. The van der Waals surface area contributed by atoms with Crippen LogP contribution in [0.2, 0.25) is 5.02 Å². The van der Waals surface area contributed by atoms with Gasteiger partial charge in [0, 0.05) is 23.3 Å². The molecule has 2 N–H and O–H groups in total. The molecule has 0 radical (unpaired) electrons. The van der Waals surface area contributed by atoms with E-state index in [0.29, 0.717) is 16.6 Å². The van der Waals surface area contributed by atoms with Crippen LogP contribution in [0.15, 0.2) is 18.2 Å². The molecule has 1 aromatic carbocycles. The molecule has 0 aromatic heterocycles. The van der Waals surface area contributed by atoms with Crippen molar-refractivity contribution in [1.82, 2.24) is 5.32 Å². The minimum atomic E-state index is -0.374. The molecular weight excluding hydrogens is 264 g/mol. The van der Waals surface area contributed by atoms with E-state index in [-0.39, 0.29) is 5.97 Å². The van der Waals surface area contributed by atoms with Crippen molar-refractivity contribution in [3.63, 3.8) is 0 Å². The molecule has 1 aromatic rings. The summed E-state index contributed by atoms with van der Waals surface area (Å²) >= 11 is 5.92. The van der Waals surface area contributed by atoms with E-state index in [1.54, 1.807) is 12.1 Å². The highest BCUT2D eigenvalue weighted by atomic mass is 35.5. The lowest BCUT2D eigenvalue weighted by molar-refractivity contribution is 0.0602. The molecule has 1 saturated heterocycles. The molecule has 0 spiro atoms. The normalized spacial score (nSPS) is 18.9. The van der Waals surface area contributed by atoms with Gasteiger partial charge in [-0.3, -0.25) is 0 Å². The van der Waals surface area contributed by atoms with Gasteiger partial charge in [-0.1, -0.05) is 18.0 Å². The first-order chi connectivity index (χ1) is 9.20. The number of carbonyl (C=O) groups excluding carboxylic acids is 1. The summed E-state index contributed by atoms with van der Waals surface area (Å²) in [4.78, 5) is 11.7. The summed E-state index contributed by atoms with van der Waals surface area (Å²) in [6.45, 7) is 1.86. The summed E-state index contributed by atoms with van der Waals surface area (Å²) in [6.07, 6.45) is 3.66. The number of carbonyl (C=O) groups is 1. The number of benzene rings is 1. The molecule has 0 amide bonds. The molecule has 1 unspecified atom stereocenters. The maximum atomic E-state index is 11.7. The molecule has 1 aliphatic heterocycles. The Morgan fingerprint density at radius 3 is 3.05 bits per heavy atom. The molecule has 1 heterocycles. The lowest BCUT2D eigenvalue weighted by Crippen LogP contribution is -2.39. The molecule has 0 aliphatic carbocycles. The summed E-state index contributed by atoms with van der Waals surface area (Å²) in [5.74, 6) is -0.374. The molecule has 0 bridgehead atoms. The number of hydrogen-bond acceptors (Lipinski definition) is 4. The number of methoxy groups -OCH3 is 1. The van der Waals surface area contributed by atoms with Crippen molar-refractivity contribution in [3.8, 4) is 0 Å². The van der Waals surface area contributed by atoms with Crippen molar-refractivity contribution < 1.29 is 9.53 Å². The van der Waals surface area contributed by atoms with Gasteiger partial charge in [0.25, 0.3) is 0 Å². The van der Waals surface area contributed by atoms with Gasteiger partial charge in [-0.15, -0.1) is 0 Å². The first-order valence-corrected chi connectivity index (χ1v) is 6.93. The minimum absolute atomic E-state index is 0.374. The highest BCUT2D eigenvalue weighted by molar-refractivity contribution is 6.31. The first-order valence-electron chi connectivity index (χ1n) is 6.56. The zero-order chi connectivity index (χ0) is 13.7. The molecule has 4 nitrogen and oxygen atoms in total. The maximum Gasteiger partial charge on any atom is 0.340 e. The van der Waals surface area contributed by atoms with Gasteiger partial charge in [0.15, 0.2) is 0 Å². The van der Waals surface area contributed by atoms with E-state index in [1.165, 1.54) is 20.0 Å². The lowest BCUT2D eigenvalue weighted by atomic mass is 10.0. The molecule has 0 saturated carbocycles. The average Bonchev–Trinajstić information content (AvgIpc) is 2.46. The van der Waals surface area contributed by atoms with E-state index in [1.807, 2.05) is 6.07 Å². The molecule has 19 heavy (non-hydrogen) atoms. The predicted molar refractivity (Wildman–Crippen MR) is 76.9 cm³/mol. The Bertz CT molecular complexity index is 445. The van der Waals surface area contributed by atoms with Crippen LogP contribution in [-0.2, 0) is 4.74 Å². The van der Waals surface area contributed by atoms with Crippen molar-refractivity contribution in [1.29, 1.82) is 0 Å². The number of anilines is 1. The fraction of sp³-hybridized carbons (Fsp3) is 0.500. The second-order valence-corrected chi connectivity index (χ2v) is 5.15. The average molecular weight is 283 g/mol. The minimum Gasteiger partial charge on any atom is -0.465 e. The van der Waals surface area contributed by atoms with E-state index in [9.17, 15) is 4.79 Å². The van der Waals surface area contributed by atoms with Crippen molar-refractivity contribution >= 4 is 23.3 Å². The van der Waals surface area contributed by atoms with E-state index >= 15 is 0 Å². The maximum absolute atomic E-state index is 11.7. The van der Waals surface area contributed by atoms with Gasteiger partial charge >= 0.3 is 5.97 Å². The summed E-state index contributed by atoms with van der Waals surface area (Å²) in [5, 5.41) is 7.29. The Kier molecular flexibility index (Phi) is 5.05. The third-order valence-electron chi connectivity index (χ3n) is 3.34. The highest BCUT2D eigenvalue weighted by Gasteiger charge is 2.15. The third-order valence-corrected chi connectivity index (χ3v) is 3.57. The van der Waals surface area contributed by atoms with Crippen molar-refractivity contribution in [2.24, 2.45) is 0 Å². The van der Waals surface area contributed by atoms with Gasteiger partial charge in [-0.2, -0.15) is 0 Å². The van der Waals surface area contributed by atoms with Crippen LogP contribution in [0.5, 0.6) is 0 Å². The molecule has 1 aliphatic rings. The van der Waals surface area contributed by atoms with Crippen LogP contribution in [0.1, 0.15) is 29.6 Å². The quantitative estimate of drug-likeness (QED) is 0.834. The number of esters is 1. The zero-order valence-corrected chi connectivity index (χ0v) is 11.8. The molecular formula is C14H19ClN2O2. The number of rotatable bonds is 4. The van der Waals surface area contributed by atoms with Gasteiger partial charge in [0.05, 0.1) is 12.7 Å². The second-order valence-electron chi connectivity index (χ2n) is 4.71. The Labute approximate surface area is 118 Å². The van der Waals surface area contributed by atoms with Crippen molar-refractivity contribution in [2.45, 2.75) is 25.3 Å². The van der Waals surface area contributed by atoms with Gasteiger partial charge < -0.3 is 15.4 Å². The van der Waals surface area contributed by atoms with Crippen LogP contribution in [0.3, 0.4) is 0 Å². The summed E-state index contributed by atoms with van der Waals surface area (Å²) in [7, 11) is 1.37. The molecule has 104 valence electrons. The SMILES string of the molecule is COC(=O)c1cc(Cl)ccc1NCC1CCCCN1. The summed E-state index contributed by atoms with van der Waals surface area (Å²) in [6, 6.07) is 5.67. The molecule has 5 heteroatoms. The van der Waals surface area contributed by atoms with Gasteiger partial charge in [-0.05, 0) is 37.6 Å². The standard InChI is InChI=1S/C14H19ClN2O2/c1-19-14(18)12-8-10(15)5-6-13(12)17-9-11-4-2-3-7-16-11/h5-6,8,11,16-17H,2-4,7,9H2,1H3. The van der Waals surface area contributed by atoms with Crippen LogP contribution >= 0.6 is 11.6 Å². The summed E-state index contributed by atoms with van der Waals surface area (Å²) in [5.41, 5.74) is 1.24. The Balaban J connectivity index is 2.04. The fourth-order valence-corrected chi connectivity index (χ4v) is 2.45. The largest absolute Gasteiger partial charge is 0.465 e. The zero-order valence-electron chi connectivity index (χ0n) is 11.0. The lowest BCUT2D eigenvalue weighted by Gasteiger charge is -2.24. The van der Waals surface area contributed by atoms with Crippen LogP contribution in [-0.4, -0.2) is 32.2 Å². The number of piperidine rings is 1. The van der Waals surface area contributed by atoms with Crippen molar-refractivity contribution in [3.05, 3.63) is 28.8 Å². The first kappa shape index (κ1) is 14.2. The van der Waals surface area contributed by atoms with Crippen LogP contribution in [0.25, 0.3) is 0 Å². The smallest absolute Gasteiger partial charge is 0.340 e. The molecule has 1 atom stereocenters. The fourth-order valence-electron chi connectivity index (χ4n) is 2.28. The number of halogens is 1. The monoisotopic (exact) mass is 282 g/mol. The Hall–Kier alpha value is -1.26. The van der Waals surface area contributed by atoms with E-state index in [0.717, 1.165) is 25.2 Å². The van der Waals surface area contributed by atoms with Crippen LogP contribution in [0, 0.1) is 0 Å². The highest BCUT2D eigenvalue weighted by Crippen LogP contribution is 2.22. The van der Waals surface area contributed by atoms with E-state index < -0.39 is 0 Å². The van der Waals surface area contributed by atoms with Crippen LogP contribution < -0.4 is 10.6 Å². The predicted octanol–water partition coefficient (Wildman–Crippen LogP) is 2.68. The Morgan fingerprint density at radius 1 is 1.53 bits per heavy atom. The van der Waals surface area contributed by atoms with Gasteiger partial charge in [0.2, 0.25) is 0 Å². The van der Waals surface area contributed by atoms with Gasteiger partial charge in [-0.25, -0.2) is 4.79 Å². The molecule has 2 rings (SSSR count). The number of nitrogens with one attached hydrogen (secondary N) is 2.